The first-order chi connectivity index (χ1) is 9.76. The van der Waals surface area contributed by atoms with Gasteiger partial charge in [0.15, 0.2) is 0 Å². The number of nitrogens with one attached hydrogen (secondary N) is 1. The number of nitrogens with zero attached hydrogens (tertiary/aromatic N) is 1. The van der Waals surface area contributed by atoms with E-state index in [1.54, 1.807) is 0 Å². The first kappa shape index (κ1) is 15.9. The number of aromatic hydroxyl groups is 1. The molecule has 2 N–H and O–H groups in total. The number of phenolic OH excluding ortho intramolecular Hbond substituents is 1. The van der Waals surface area contributed by atoms with Crippen molar-refractivity contribution in [3.8, 4) is 5.75 Å². The summed E-state index contributed by atoms with van der Waals surface area (Å²) < 4.78 is 37.0. The van der Waals surface area contributed by atoms with Crippen LogP contribution in [0.15, 0.2) is 12.1 Å². The molecular weight excluding hydrogens is 281 g/mol. The molecule has 0 bridgehead atoms. The summed E-state index contributed by atoms with van der Waals surface area (Å²) in [7, 11) is 0. The molecule has 0 saturated carbocycles. The fraction of sp³-hybridized carbons (Fsp3) is 0.600. The van der Waals surface area contributed by atoms with Gasteiger partial charge in [-0.15, -0.1) is 0 Å². The number of hydrogen-bond donors (Lipinski definition) is 2. The highest BCUT2D eigenvalue weighted by Gasteiger charge is 2.32. The Kier molecular flexibility index (Phi) is 4.66. The van der Waals surface area contributed by atoms with Crippen LogP contribution in [0, 0.1) is 13.8 Å². The van der Waals surface area contributed by atoms with Crippen LogP contribution in [0.2, 0.25) is 0 Å². The Morgan fingerprint density at radius 2 is 1.86 bits per heavy atom. The lowest BCUT2D eigenvalue weighted by atomic mass is 10.0. The molecule has 0 radical (unpaired) electrons. The zero-order valence-corrected chi connectivity index (χ0v) is 12.3. The molecule has 0 unspecified atom stereocenters. The molecule has 0 atom stereocenters. The summed E-state index contributed by atoms with van der Waals surface area (Å²) in [5, 5.41) is 13.2. The Hall–Kier alpha value is -1.43. The molecule has 1 aliphatic rings. The summed E-state index contributed by atoms with van der Waals surface area (Å²) in [4.78, 5) is 1.44. The van der Waals surface area contributed by atoms with Crippen LogP contribution >= 0.6 is 0 Å². The van der Waals surface area contributed by atoms with Crippen LogP contribution in [0.1, 0.15) is 24.0 Å². The molecular formula is C15H21F3N2O. The molecule has 1 aromatic rings. The molecule has 6 heteroatoms. The Morgan fingerprint density at radius 1 is 1.24 bits per heavy atom. The molecule has 3 nitrogen and oxygen atoms in total. The molecule has 0 amide bonds. The van der Waals surface area contributed by atoms with E-state index in [4.69, 9.17) is 0 Å². The van der Waals surface area contributed by atoms with Gasteiger partial charge in [0, 0.05) is 30.4 Å². The van der Waals surface area contributed by atoms with Crippen LogP contribution in [-0.2, 0) is 0 Å². The van der Waals surface area contributed by atoms with Crippen molar-refractivity contribution >= 4 is 5.69 Å². The lowest BCUT2D eigenvalue weighted by molar-refractivity contribution is -0.147. The average Bonchev–Trinajstić information content (AvgIpc) is 2.40. The van der Waals surface area contributed by atoms with E-state index in [1.165, 1.54) is 4.90 Å². The van der Waals surface area contributed by atoms with Gasteiger partial charge in [0.1, 0.15) is 5.75 Å². The van der Waals surface area contributed by atoms with Crippen molar-refractivity contribution in [2.75, 3.05) is 25.0 Å². The molecule has 1 aromatic carbocycles. The van der Waals surface area contributed by atoms with E-state index in [0.717, 1.165) is 16.8 Å². The molecule has 0 aliphatic carbocycles. The van der Waals surface area contributed by atoms with Crippen LogP contribution in [0.5, 0.6) is 5.75 Å². The third-order valence-corrected chi connectivity index (χ3v) is 3.98. The summed E-state index contributed by atoms with van der Waals surface area (Å²) in [6.45, 7) is 3.72. The third-order valence-electron chi connectivity index (χ3n) is 3.98. The van der Waals surface area contributed by atoms with Crippen molar-refractivity contribution in [1.82, 2.24) is 4.90 Å². The van der Waals surface area contributed by atoms with Crippen LogP contribution in [0.25, 0.3) is 0 Å². The van der Waals surface area contributed by atoms with E-state index in [2.05, 4.69) is 5.32 Å². The van der Waals surface area contributed by atoms with E-state index in [0.29, 0.717) is 25.9 Å². The summed E-state index contributed by atoms with van der Waals surface area (Å²) in [6.07, 6.45) is -2.78. The monoisotopic (exact) mass is 302 g/mol. The van der Waals surface area contributed by atoms with Crippen molar-refractivity contribution < 1.29 is 18.3 Å². The van der Waals surface area contributed by atoms with Gasteiger partial charge >= 0.3 is 6.18 Å². The number of benzene rings is 1. The van der Waals surface area contributed by atoms with Gasteiger partial charge in [-0.3, -0.25) is 4.90 Å². The predicted molar refractivity (Wildman–Crippen MR) is 76.7 cm³/mol. The minimum absolute atomic E-state index is 0.148. The van der Waals surface area contributed by atoms with Crippen LogP contribution in [0.4, 0.5) is 18.9 Å². The molecule has 1 fully saturated rings. The first-order valence-corrected chi connectivity index (χ1v) is 7.11. The van der Waals surface area contributed by atoms with Crippen molar-refractivity contribution in [2.45, 2.75) is 38.9 Å². The molecule has 1 saturated heterocycles. The SMILES string of the molecule is Cc1ccc(NC2CCN(CC(F)(F)F)CC2)c(C)c1O. The molecule has 1 heterocycles. The van der Waals surface area contributed by atoms with E-state index < -0.39 is 12.7 Å². The van der Waals surface area contributed by atoms with Gasteiger partial charge < -0.3 is 10.4 Å². The number of aryl methyl sites for hydroxylation is 1. The van der Waals surface area contributed by atoms with Crippen LogP contribution < -0.4 is 5.32 Å². The van der Waals surface area contributed by atoms with E-state index >= 15 is 0 Å². The second-order valence-electron chi connectivity index (χ2n) is 5.71. The summed E-state index contributed by atoms with van der Waals surface area (Å²) in [6, 6.07) is 3.89. The maximum absolute atomic E-state index is 12.3. The van der Waals surface area contributed by atoms with E-state index in [9.17, 15) is 18.3 Å². The zero-order chi connectivity index (χ0) is 15.6. The smallest absolute Gasteiger partial charge is 0.401 e. The van der Waals surface area contributed by atoms with Gasteiger partial charge in [-0.25, -0.2) is 0 Å². The highest BCUT2D eigenvalue weighted by Crippen LogP contribution is 2.29. The third kappa shape index (κ3) is 4.27. The lowest BCUT2D eigenvalue weighted by Crippen LogP contribution is -2.43. The quantitative estimate of drug-likeness (QED) is 0.897. The molecule has 0 spiro atoms. The Labute approximate surface area is 122 Å². The minimum atomic E-state index is -4.13. The van der Waals surface area contributed by atoms with Crippen molar-refractivity contribution in [3.05, 3.63) is 23.3 Å². The van der Waals surface area contributed by atoms with Gasteiger partial charge in [-0.2, -0.15) is 13.2 Å². The molecule has 1 aliphatic heterocycles. The normalized spacial score (nSPS) is 18.0. The Balaban J connectivity index is 1.91. The van der Waals surface area contributed by atoms with Gasteiger partial charge in [-0.05, 0) is 38.3 Å². The molecule has 21 heavy (non-hydrogen) atoms. The van der Waals surface area contributed by atoms with Crippen molar-refractivity contribution in [1.29, 1.82) is 0 Å². The van der Waals surface area contributed by atoms with Gasteiger partial charge in [0.2, 0.25) is 0 Å². The van der Waals surface area contributed by atoms with E-state index in [-0.39, 0.29) is 11.8 Å². The summed E-state index contributed by atoms with van der Waals surface area (Å²) >= 11 is 0. The second-order valence-corrected chi connectivity index (χ2v) is 5.71. The number of likely N-dealkylation sites (tertiary alicyclic amines) is 1. The van der Waals surface area contributed by atoms with Gasteiger partial charge in [-0.1, -0.05) is 6.07 Å². The Bertz CT molecular complexity index is 494. The second kappa shape index (κ2) is 6.13. The fourth-order valence-electron chi connectivity index (χ4n) is 2.70. The highest BCUT2D eigenvalue weighted by atomic mass is 19.4. The number of hydrogen-bond acceptors (Lipinski definition) is 3. The number of alkyl halides is 3. The first-order valence-electron chi connectivity index (χ1n) is 7.11. The van der Waals surface area contributed by atoms with Crippen LogP contribution in [-0.4, -0.2) is 41.9 Å². The zero-order valence-electron chi connectivity index (χ0n) is 12.3. The van der Waals surface area contributed by atoms with Crippen molar-refractivity contribution in [3.63, 3.8) is 0 Å². The highest BCUT2D eigenvalue weighted by molar-refractivity contribution is 5.59. The van der Waals surface area contributed by atoms with Gasteiger partial charge in [0.05, 0.1) is 6.54 Å². The van der Waals surface area contributed by atoms with E-state index in [1.807, 2.05) is 26.0 Å². The average molecular weight is 302 g/mol. The molecule has 0 aromatic heterocycles. The topological polar surface area (TPSA) is 35.5 Å². The molecule has 2 rings (SSSR count). The Morgan fingerprint density at radius 3 is 2.43 bits per heavy atom. The van der Waals surface area contributed by atoms with Crippen molar-refractivity contribution in [2.24, 2.45) is 0 Å². The van der Waals surface area contributed by atoms with Gasteiger partial charge in [0.25, 0.3) is 0 Å². The standard InChI is InChI=1S/C15H21F3N2O/c1-10-3-4-13(11(2)14(10)21)19-12-5-7-20(8-6-12)9-15(16,17)18/h3-4,12,19,21H,5-9H2,1-2H3. The number of anilines is 1. The minimum Gasteiger partial charge on any atom is -0.507 e. The number of piperidine rings is 1. The number of rotatable bonds is 3. The largest absolute Gasteiger partial charge is 0.507 e. The number of halogens is 3. The van der Waals surface area contributed by atoms with Crippen LogP contribution in [0.3, 0.4) is 0 Å². The summed E-state index contributed by atoms with van der Waals surface area (Å²) in [5.41, 5.74) is 2.46. The summed E-state index contributed by atoms with van der Waals surface area (Å²) in [5.74, 6) is 0.273. The molecule has 118 valence electrons. The maximum Gasteiger partial charge on any atom is 0.401 e. The predicted octanol–water partition coefficient (Wildman–Crippen LogP) is 3.45. The number of phenols is 1. The maximum atomic E-state index is 12.3. The fourth-order valence-corrected chi connectivity index (χ4v) is 2.70. The lowest BCUT2D eigenvalue weighted by Gasteiger charge is -2.33.